The fraction of sp³-hybridized carbons (Fsp3) is 0.200. The van der Waals surface area contributed by atoms with Gasteiger partial charge >= 0.3 is 0 Å². The Bertz CT molecular complexity index is 981. The highest BCUT2D eigenvalue weighted by molar-refractivity contribution is 6.25. The molecule has 2 atom stereocenters. The third-order valence-corrected chi connectivity index (χ3v) is 4.64. The third-order valence-electron chi connectivity index (χ3n) is 4.64. The van der Waals surface area contributed by atoms with E-state index >= 15 is 0 Å². The number of amides is 1. The van der Waals surface area contributed by atoms with Gasteiger partial charge in [-0.3, -0.25) is 29.3 Å². The van der Waals surface area contributed by atoms with Gasteiger partial charge in [0, 0.05) is 18.1 Å². The number of piperidine rings is 1. The Morgan fingerprint density at radius 1 is 1.11 bits per heavy atom. The Labute approximate surface area is 159 Å². The molecule has 8 heteroatoms. The highest BCUT2D eigenvalue weighted by Crippen LogP contribution is 2.29. The Kier molecular flexibility index (Phi) is 5.12. The molecule has 0 bridgehead atoms. The topological polar surface area (TPSA) is 123 Å². The molecule has 1 saturated heterocycles. The number of Topliss-reactive ketones (excluding diaryl/α,β-unsaturated/α-hetero) is 3. The van der Waals surface area contributed by atoms with Gasteiger partial charge in [-0.1, -0.05) is 36.4 Å². The maximum Gasteiger partial charge on any atom is 0.280 e. The number of benzene rings is 2. The van der Waals surface area contributed by atoms with E-state index in [1.807, 2.05) is 0 Å². The van der Waals surface area contributed by atoms with Crippen LogP contribution in [0.2, 0.25) is 0 Å². The summed E-state index contributed by atoms with van der Waals surface area (Å²) < 4.78 is 0. The van der Waals surface area contributed by atoms with Gasteiger partial charge in [0.2, 0.25) is 5.91 Å². The van der Waals surface area contributed by atoms with Crippen molar-refractivity contribution in [2.45, 2.75) is 19.4 Å². The normalized spacial score (nSPS) is 19.0. The monoisotopic (exact) mass is 380 g/mol. The number of carbonyl (C=O) groups is 4. The number of nitrogens with zero attached hydrogens (tertiary/aromatic N) is 1. The summed E-state index contributed by atoms with van der Waals surface area (Å²) in [4.78, 5) is 59.8. The van der Waals surface area contributed by atoms with Crippen molar-refractivity contribution in [1.82, 2.24) is 5.32 Å². The molecule has 142 valence electrons. The zero-order valence-corrected chi connectivity index (χ0v) is 14.9. The first-order valence-electron chi connectivity index (χ1n) is 8.51. The lowest BCUT2D eigenvalue weighted by Crippen LogP contribution is -2.48. The third kappa shape index (κ3) is 3.57. The Morgan fingerprint density at radius 3 is 2.36 bits per heavy atom. The van der Waals surface area contributed by atoms with Gasteiger partial charge in [-0.2, -0.15) is 0 Å². The number of hydrogen-bond donors (Lipinski definition) is 1. The van der Waals surface area contributed by atoms with Crippen LogP contribution >= 0.6 is 0 Å². The summed E-state index contributed by atoms with van der Waals surface area (Å²) in [7, 11) is 0. The smallest absolute Gasteiger partial charge is 0.280 e. The molecular formula is C20H16N2O6. The molecule has 0 spiro atoms. The average molecular weight is 380 g/mol. The van der Waals surface area contributed by atoms with Crippen molar-refractivity contribution in [3.8, 4) is 0 Å². The van der Waals surface area contributed by atoms with Crippen LogP contribution in [0.3, 0.4) is 0 Å². The van der Waals surface area contributed by atoms with Gasteiger partial charge in [0.15, 0.2) is 23.3 Å². The van der Waals surface area contributed by atoms with E-state index in [4.69, 9.17) is 0 Å². The summed E-state index contributed by atoms with van der Waals surface area (Å²) in [5, 5.41) is 14.0. The molecule has 1 aliphatic rings. The second-order valence-electron chi connectivity index (χ2n) is 6.48. The molecule has 2 aromatic carbocycles. The molecule has 3 rings (SSSR count). The highest BCUT2D eigenvalue weighted by Gasteiger charge is 2.42. The van der Waals surface area contributed by atoms with Crippen LogP contribution in [-0.4, -0.2) is 28.2 Å². The Balaban J connectivity index is 1.91. The van der Waals surface area contributed by atoms with Crippen LogP contribution < -0.4 is 5.32 Å². The first kappa shape index (κ1) is 19.1. The van der Waals surface area contributed by atoms with E-state index in [2.05, 4.69) is 5.32 Å². The molecule has 2 unspecified atom stereocenters. The van der Waals surface area contributed by atoms with Crippen LogP contribution in [0.25, 0.3) is 0 Å². The number of rotatable bonds is 5. The van der Waals surface area contributed by atoms with Gasteiger partial charge in [-0.25, -0.2) is 0 Å². The second kappa shape index (κ2) is 7.51. The summed E-state index contributed by atoms with van der Waals surface area (Å²) in [5.74, 6) is -4.40. The molecule has 1 fully saturated rings. The molecule has 0 aromatic heterocycles. The van der Waals surface area contributed by atoms with Gasteiger partial charge in [0.1, 0.15) is 0 Å². The van der Waals surface area contributed by atoms with Crippen LogP contribution in [0.1, 0.15) is 45.7 Å². The van der Waals surface area contributed by atoms with Crippen molar-refractivity contribution >= 4 is 28.9 Å². The average Bonchev–Trinajstić information content (AvgIpc) is 2.67. The van der Waals surface area contributed by atoms with E-state index in [1.165, 1.54) is 13.0 Å². The summed E-state index contributed by atoms with van der Waals surface area (Å²) in [6.07, 6.45) is -0.0918. The van der Waals surface area contributed by atoms with Crippen LogP contribution in [0, 0.1) is 16.0 Å². The summed E-state index contributed by atoms with van der Waals surface area (Å²) in [6, 6.07) is 11.6. The first-order chi connectivity index (χ1) is 13.3. The molecule has 0 saturated carbocycles. The van der Waals surface area contributed by atoms with Crippen molar-refractivity contribution in [3.05, 3.63) is 75.3 Å². The lowest BCUT2D eigenvalue weighted by molar-refractivity contribution is -0.385. The number of nitro groups is 1. The van der Waals surface area contributed by atoms with Crippen LogP contribution in [0.15, 0.2) is 48.5 Å². The molecule has 0 aliphatic carbocycles. The number of nitro benzene ring substituents is 1. The molecule has 1 heterocycles. The molecule has 1 N–H and O–H groups in total. The van der Waals surface area contributed by atoms with E-state index in [1.54, 1.807) is 30.3 Å². The molecule has 1 aliphatic heterocycles. The SMILES string of the molecule is CC(=O)c1ccc(C(=O)C2C(=O)CC(c3ccccc3)NC2=O)c([N+](=O)[O-])c1. The molecule has 2 aromatic rings. The fourth-order valence-electron chi connectivity index (χ4n) is 3.19. The Morgan fingerprint density at radius 2 is 1.79 bits per heavy atom. The van der Waals surface area contributed by atoms with Gasteiger partial charge < -0.3 is 5.32 Å². The van der Waals surface area contributed by atoms with Crippen molar-refractivity contribution in [3.63, 3.8) is 0 Å². The zero-order chi connectivity index (χ0) is 20.4. The molecular weight excluding hydrogens is 364 g/mol. The predicted molar refractivity (Wildman–Crippen MR) is 97.9 cm³/mol. The summed E-state index contributed by atoms with van der Waals surface area (Å²) in [5.41, 5.74) is -0.191. The molecule has 28 heavy (non-hydrogen) atoms. The van der Waals surface area contributed by atoms with E-state index in [0.717, 1.165) is 17.7 Å². The number of hydrogen-bond acceptors (Lipinski definition) is 6. The Hall–Kier alpha value is -3.68. The minimum absolute atomic E-state index is 0.0619. The molecule has 1 amide bonds. The summed E-state index contributed by atoms with van der Waals surface area (Å²) >= 11 is 0. The molecule has 8 nitrogen and oxygen atoms in total. The van der Waals surface area contributed by atoms with Crippen molar-refractivity contribution < 1.29 is 24.1 Å². The highest BCUT2D eigenvalue weighted by atomic mass is 16.6. The first-order valence-corrected chi connectivity index (χ1v) is 8.51. The van der Waals surface area contributed by atoms with Gasteiger partial charge in [-0.15, -0.1) is 0 Å². The lowest BCUT2D eigenvalue weighted by Gasteiger charge is -2.27. The minimum Gasteiger partial charge on any atom is -0.348 e. The number of ketones is 3. The standard InChI is InChI=1S/C20H16N2O6/c1-11(23)13-7-8-14(16(9-13)22(27)28)19(25)18-17(24)10-15(21-20(18)26)12-5-3-2-4-6-12/h2-9,15,18H,10H2,1H3,(H,21,26). The summed E-state index contributed by atoms with van der Waals surface area (Å²) in [6.45, 7) is 1.24. The maximum atomic E-state index is 12.8. The minimum atomic E-state index is -1.65. The van der Waals surface area contributed by atoms with Gasteiger partial charge in [0.25, 0.3) is 5.69 Å². The van der Waals surface area contributed by atoms with E-state index < -0.39 is 45.8 Å². The second-order valence-corrected chi connectivity index (χ2v) is 6.48. The van der Waals surface area contributed by atoms with E-state index in [-0.39, 0.29) is 17.5 Å². The van der Waals surface area contributed by atoms with Crippen molar-refractivity contribution in [2.75, 3.05) is 0 Å². The van der Waals surface area contributed by atoms with Crippen molar-refractivity contribution in [1.29, 1.82) is 0 Å². The van der Waals surface area contributed by atoms with E-state index in [9.17, 15) is 29.3 Å². The van der Waals surface area contributed by atoms with Gasteiger partial charge in [0.05, 0.1) is 16.5 Å². The van der Waals surface area contributed by atoms with Crippen LogP contribution in [0.5, 0.6) is 0 Å². The number of nitrogens with one attached hydrogen (secondary N) is 1. The van der Waals surface area contributed by atoms with Crippen LogP contribution in [-0.2, 0) is 9.59 Å². The number of carbonyl (C=O) groups excluding carboxylic acids is 4. The van der Waals surface area contributed by atoms with E-state index in [0.29, 0.717) is 0 Å². The molecule has 0 radical (unpaired) electrons. The van der Waals surface area contributed by atoms with Gasteiger partial charge in [-0.05, 0) is 18.6 Å². The lowest BCUT2D eigenvalue weighted by atomic mass is 9.84. The van der Waals surface area contributed by atoms with Crippen molar-refractivity contribution in [2.24, 2.45) is 5.92 Å². The quantitative estimate of drug-likeness (QED) is 0.368. The maximum absolute atomic E-state index is 12.8. The largest absolute Gasteiger partial charge is 0.348 e. The zero-order valence-electron chi connectivity index (χ0n) is 14.9. The van der Waals surface area contributed by atoms with Crippen LogP contribution in [0.4, 0.5) is 5.69 Å². The fourth-order valence-corrected chi connectivity index (χ4v) is 3.19. The predicted octanol–water partition coefficient (Wildman–Crippen LogP) is 2.43.